The summed E-state index contributed by atoms with van der Waals surface area (Å²) in [5.74, 6) is 2.38. The van der Waals surface area contributed by atoms with E-state index in [0.717, 1.165) is 17.8 Å². The second-order valence-corrected chi connectivity index (χ2v) is 25.7. The van der Waals surface area contributed by atoms with Gasteiger partial charge in [0.25, 0.3) is 0 Å². The van der Waals surface area contributed by atoms with Gasteiger partial charge in [-0.25, -0.2) is 0 Å². The van der Waals surface area contributed by atoms with Crippen LogP contribution in [0, 0.1) is 6.92 Å². The number of hydrogen-bond acceptors (Lipinski definition) is 0. The molecule has 0 amide bonds. The number of hydrogen-bond donors (Lipinski definition) is 0. The van der Waals surface area contributed by atoms with Crippen LogP contribution in [0.15, 0.2) is 109 Å². The smallest absolute Gasteiger partial charge is 0.0162 e. The fraction of sp³-hybridized carbons (Fsp3) is 0.400. The van der Waals surface area contributed by atoms with Crippen LogP contribution in [0.3, 0.4) is 0 Å². The van der Waals surface area contributed by atoms with Crippen LogP contribution in [-0.4, -0.2) is 5.43 Å². The molecule has 0 nitrogen and oxygen atoms in total. The maximum absolute atomic E-state index is 2.48. The van der Waals surface area contributed by atoms with Crippen molar-refractivity contribution < 1.29 is 48.1 Å². The van der Waals surface area contributed by atoms with Gasteiger partial charge in [-0.3, -0.25) is 0 Å². The predicted octanol–water partition coefficient (Wildman–Crippen LogP) is 9.31. The molecule has 0 N–H and O–H groups in total. The molecule has 0 atom stereocenters. The Bertz CT molecular complexity index is 2050. The molecule has 0 unspecified atom stereocenters. The molecule has 54 heavy (non-hydrogen) atoms. The number of fused-ring (bicyclic) bond motifs is 2. The average molecular weight is 849 g/mol. The van der Waals surface area contributed by atoms with Gasteiger partial charge in [0.15, 0.2) is 0 Å². The molecular formula is C50H58Cl2SiZr-2. The van der Waals surface area contributed by atoms with Crippen LogP contribution in [0.5, 0.6) is 0 Å². The summed E-state index contributed by atoms with van der Waals surface area (Å²) < 4.78 is 0. The summed E-state index contributed by atoms with van der Waals surface area (Å²) in [7, 11) is 0. The van der Waals surface area contributed by atoms with Crippen molar-refractivity contribution >= 4 is 27.0 Å². The fourth-order valence-corrected chi connectivity index (χ4v) is 9.38. The second kappa shape index (κ2) is 20.8. The van der Waals surface area contributed by atoms with Gasteiger partial charge in [-0.15, -0.1) is 69.1 Å². The van der Waals surface area contributed by atoms with Crippen molar-refractivity contribution in [1.82, 2.24) is 0 Å². The zero-order valence-electron chi connectivity index (χ0n) is 32.8. The first kappa shape index (κ1) is 42.9. The molecule has 3 fully saturated rings. The third kappa shape index (κ3) is 10.8. The first-order chi connectivity index (χ1) is 25.4. The van der Waals surface area contributed by atoms with E-state index in [4.69, 9.17) is 0 Å². The topological polar surface area (TPSA) is 0 Å². The zero-order chi connectivity index (χ0) is 35.9. The minimum absolute atomic E-state index is 0. The second-order valence-electron chi connectivity index (χ2n) is 16.3. The molecule has 3 saturated carbocycles. The Kier molecular flexibility index (Phi) is 16.5. The van der Waals surface area contributed by atoms with E-state index in [9.17, 15) is 0 Å². The van der Waals surface area contributed by atoms with Gasteiger partial charge in [0.05, 0.1) is 0 Å². The molecule has 0 radical (unpaired) electrons. The van der Waals surface area contributed by atoms with E-state index in [0.29, 0.717) is 0 Å². The van der Waals surface area contributed by atoms with Crippen molar-refractivity contribution in [2.75, 3.05) is 0 Å². The first-order valence-electron chi connectivity index (χ1n) is 20.5. The van der Waals surface area contributed by atoms with Crippen LogP contribution in [0.1, 0.15) is 130 Å². The van der Waals surface area contributed by atoms with Crippen LogP contribution in [0.25, 0.3) is 43.8 Å². The molecule has 6 aromatic carbocycles. The van der Waals surface area contributed by atoms with E-state index >= 15 is 0 Å². The van der Waals surface area contributed by atoms with Gasteiger partial charge in [0.1, 0.15) is 0 Å². The van der Waals surface area contributed by atoms with Crippen molar-refractivity contribution in [2.45, 2.75) is 128 Å². The Labute approximate surface area is 353 Å². The molecule has 0 aromatic heterocycles. The molecule has 282 valence electrons. The molecule has 0 heterocycles. The monoisotopic (exact) mass is 846 g/mol. The fourth-order valence-electron chi connectivity index (χ4n) is 9.38. The third-order valence-electron chi connectivity index (χ3n) is 12.1. The number of halogens is 2. The van der Waals surface area contributed by atoms with E-state index in [1.807, 2.05) is 0 Å². The Morgan fingerprint density at radius 1 is 0.500 bits per heavy atom. The Morgan fingerprint density at radius 3 is 1.35 bits per heavy atom. The van der Waals surface area contributed by atoms with Gasteiger partial charge in [-0.05, 0) is 78.5 Å². The minimum atomic E-state index is 0. The standard InChI is InChI=1S/C26H29.C22H23.C2H6Si.2ClH.Zr/c1-2-7-19(8-3-1)21-13-15-22(16-14-21)25-12-6-11-23-17-24(18-26(23)25)20-9-4-5-10-20;1-16-14-20-8-5-9-21(22(20)15-16)19-12-10-18(11-13-19)17-6-3-2-4-7-17;1-3-2;;;/h6,11-20H,1-5,7-10H2;5,8-15,17H,2-4,6-7H2,1H3;1-2H3;2*1H;/q2*-1;;;;+2/p-2. The first-order valence-corrected chi connectivity index (χ1v) is 26.7. The van der Waals surface area contributed by atoms with Gasteiger partial charge < -0.3 is 24.8 Å². The van der Waals surface area contributed by atoms with Crippen molar-refractivity contribution in [3.8, 4) is 22.3 Å². The van der Waals surface area contributed by atoms with Gasteiger partial charge in [-0.1, -0.05) is 130 Å². The van der Waals surface area contributed by atoms with Crippen LogP contribution >= 0.6 is 0 Å². The van der Waals surface area contributed by atoms with E-state index in [1.165, 1.54) is 145 Å². The largest absolute Gasteiger partial charge is 1.00 e. The summed E-state index contributed by atoms with van der Waals surface area (Å²) in [5, 5.41) is 5.59. The van der Waals surface area contributed by atoms with Crippen LogP contribution in [-0.2, 0) is 23.3 Å². The van der Waals surface area contributed by atoms with Gasteiger partial charge >= 0.3 is 41.9 Å². The van der Waals surface area contributed by atoms with Crippen LogP contribution in [0.4, 0.5) is 0 Å². The summed E-state index contributed by atoms with van der Waals surface area (Å²) in [6.07, 6.45) is 19.5. The van der Waals surface area contributed by atoms with Gasteiger partial charge in [0, 0.05) is 0 Å². The van der Waals surface area contributed by atoms with E-state index in [2.05, 4.69) is 129 Å². The van der Waals surface area contributed by atoms with Crippen LogP contribution < -0.4 is 24.8 Å². The normalized spacial score (nSPS) is 16.5. The van der Waals surface area contributed by atoms with E-state index in [1.54, 1.807) is 34.5 Å². The molecular weight excluding hydrogens is 791 g/mol. The molecule has 3 aliphatic rings. The number of benzene rings is 4. The van der Waals surface area contributed by atoms with Crippen molar-refractivity contribution in [1.29, 1.82) is 0 Å². The third-order valence-corrected chi connectivity index (χ3v) is 12.1. The quantitative estimate of drug-likeness (QED) is 0.120. The molecule has 4 heteroatoms. The summed E-state index contributed by atoms with van der Waals surface area (Å²) in [6.45, 7) is 6.79. The van der Waals surface area contributed by atoms with Crippen molar-refractivity contribution in [3.63, 3.8) is 0 Å². The molecule has 0 bridgehead atoms. The van der Waals surface area contributed by atoms with Crippen LogP contribution in [0.2, 0.25) is 13.1 Å². The Hall–Kier alpha value is -2.22. The van der Waals surface area contributed by atoms with E-state index in [-0.39, 0.29) is 30.2 Å². The van der Waals surface area contributed by atoms with E-state index < -0.39 is 0 Å². The maximum Gasteiger partial charge on any atom is -0.0162 e. The van der Waals surface area contributed by atoms with Gasteiger partial charge in [0.2, 0.25) is 0 Å². The number of rotatable bonds is 5. The molecule has 0 saturated heterocycles. The Balaban J connectivity index is 0.000000185. The van der Waals surface area contributed by atoms with Gasteiger partial charge in [-0.2, -0.15) is 12.1 Å². The van der Waals surface area contributed by atoms with Crippen molar-refractivity contribution in [2.24, 2.45) is 0 Å². The zero-order valence-corrected chi connectivity index (χ0v) is 37.7. The maximum atomic E-state index is 2.48. The summed E-state index contributed by atoms with van der Waals surface area (Å²) in [6, 6.07) is 41.8. The SMILES string of the molecule is C[Si](C)=[Zr+2].Cc1cc2c(-c3ccc(C4CCCCC4)cc3)cccc2[cH-]1.[Cl-].[Cl-].c1cc(-c2ccc(C3CCCCC3)cc2)c2cc(C3CCCC3)[cH-]c2c1. The predicted molar refractivity (Wildman–Crippen MR) is 225 cm³/mol. The summed E-state index contributed by atoms with van der Waals surface area (Å²) in [5.41, 5.74) is 11.7. The number of aryl methyl sites for hydroxylation is 1. The summed E-state index contributed by atoms with van der Waals surface area (Å²) in [4.78, 5) is 0. The Morgan fingerprint density at radius 2 is 0.889 bits per heavy atom. The van der Waals surface area contributed by atoms with Crippen molar-refractivity contribution in [3.05, 3.63) is 131 Å². The molecule has 6 aromatic rings. The molecule has 0 spiro atoms. The average Bonchev–Trinajstić information content (AvgIpc) is 3.95. The molecule has 0 aliphatic heterocycles. The molecule has 9 rings (SSSR count). The molecule has 3 aliphatic carbocycles. The summed E-state index contributed by atoms with van der Waals surface area (Å²) >= 11 is 1.74. The minimum Gasteiger partial charge on any atom is -1.00 e.